The minimum atomic E-state index is 0.317. The fourth-order valence-corrected chi connectivity index (χ4v) is 2.91. The van der Waals surface area contributed by atoms with E-state index in [4.69, 9.17) is 4.42 Å². The fraction of sp³-hybridized carbons (Fsp3) is 0.500. The smallest absolute Gasteiger partial charge is 0.134 e. The third-order valence-corrected chi connectivity index (χ3v) is 4.31. The molecule has 2 unspecified atom stereocenters. The van der Waals surface area contributed by atoms with Crippen molar-refractivity contribution in [2.75, 3.05) is 20.1 Å². The van der Waals surface area contributed by atoms with Crippen LogP contribution in [-0.2, 0) is 0 Å². The fourth-order valence-electron chi connectivity index (χ4n) is 2.91. The Labute approximate surface area is 114 Å². The summed E-state index contributed by atoms with van der Waals surface area (Å²) < 4.78 is 5.98. The normalized spacial score (nSPS) is 21.9. The number of hydrogen-bond acceptors (Lipinski definition) is 3. The van der Waals surface area contributed by atoms with E-state index in [0.717, 1.165) is 24.4 Å². The molecule has 1 N–H and O–H groups in total. The molecule has 0 spiro atoms. The zero-order chi connectivity index (χ0) is 13.2. The van der Waals surface area contributed by atoms with Crippen molar-refractivity contribution in [3.05, 3.63) is 36.1 Å². The van der Waals surface area contributed by atoms with Crippen molar-refractivity contribution < 1.29 is 4.42 Å². The molecule has 0 amide bonds. The van der Waals surface area contributed by atoms with Crippen LogP contribution >= 0.6 is 0 Å². The average Bonchev–Trinajstić information content (AvgIpc) is 2.90. The molecule has 1 aliphatic heterocycles. The number of piperidine rings is 1. The second kappa shape index (κ2) is 5.35. The number of nitrogens with zero attached hydrogens (tertiary/aromatic N) is 1. The largest absolute Gasteiger partial charge is 0.459 e. The van der Waals surface area contributed by atoms with Gasteiger partial charge in [-0.1, -0.05) is 18.2 Å². The quantitative estimate of drug-likeness (QED) is 0.916. The molecule has 0 aliphatic carbocycles. The summed E-state index contributed by atoms with van der Waals surface area (Å²) >= 11 is 0. The highest BCUT2D eigenvalue weighted by Gasteiger charge is 2.24. The van der Waals surface area contributed by atoms with Crippen molar-refractivity contribution in [3.63, 3.8) is 0 Å². The van der Waals surface area contributed by atoms with Gasteiger partial charge in [0.05, 0.1) is 6.04 Å². The van der Waals surface area contributed by atoms with Crippen LogP contribution in [0, 0.1) is 0 Å². The molecule has 0 bridgehead atoms. The minimum absolute atomic E-state index is 0.317. The number of fused-ring (bicyclic) bond motifs is 1. The van der Waals surface area contributed by atoms with Gasteiger partial charge >= 0.3 is 0 Å². The van der Waals surface area contributed by atoms with Crippen molar-refractivity contribution in [3.8, 4) is 0 Å². The van der Waals surface area contributed by atoms with Gasteiger partial charge in [-0.05, 0) is 45.5 Å². The Kier molecular flexibility index (Phi) is 3.58. The molecule has 19 heavy (non-hydrogen) atoms. The first-order valence-electron chi connectivity index (χ1n) is 7.17. The number of furan rings is 1. The van der Waals surface area contributed by atoms with Gasteiger partial charge < -0.3 is 9.73 Å². The van der Waals surface area contributed by atoms with Gasteiger partial charge in [-0.25, -0.2) is 0 Å². The van der Waals surface area contributed by atoms with E-state index in [9.17, 15) is 0 Å². The lowest BCUT2D eigenvalue weighted by molar-refractivity contribution is 0.143. The van der Waals surface area contributed by atoms with E-state index in [-0.39, 0.29) is 0 Å². The first kappa shape index (κ1) is 12.7. The monoisotopic (exact) mass is 258 g/mol. The molecule has 3 rings (SSSR count). The standard InChI is InChI=1S/C16H22N2O/c1-12(18(2)14-7-5-9-17-11-14)16-10-13-6-3-4-8-15(13)19-16/h3-4,6,8,10,12,14,17H,5,7,9,11H2,1-2H3. The number of nitrogens with one attached hydrogen (secondary N) is 1. The zero-order valence-corrected chi connectivity index (χ0v) is 11.7. The van der Waals surface area contributed by atoms with Gasteiger partial charge in [0, 0.05) is 18.0 Å². The Morgan fingerprint density at radius 2 is 2.21 bits per heavy atom. The van der Waals surface area contributed by atoms with E-state index in [2.05, 4.69) is 42.4 Å². The predicted molar refractivity (Wildman–Crippen MR) is 78.3 cm³/mol. The van der Waals surface area contributed by atoms with Gasteiger partial charge in [-0.3, -0.25) is 4.90 Å². The van der Waals surface area contributed by atoms with E-state index in [1.165, 1.54) is 18.2 Å². The summed E-state index contributed by atoms with van der Waals surface area (Å²) in [5.74, 6) is 1.06. The van der Waals surface area contributed by atoms with Crippen LogP contribution < -0.4 is 5.32 Å². The van der Waals surface area contributed by atoms with Crippen molar-refractivity contribution in [1.29, 1.82) is 0 Å². The summed E-state index contributed by atoms with van der Waals surface area (Å²) in [6, 6.07) is 11.3. The predicted octanol–water partition coefficient (Wildman–Crippen LogP) is 3.18. The third kappa shape index (κ3) is 2.53. The van der Waals surface area contributed by atoms with Gasteiger partial charge in [0.1, 0.15) is 11.3 Å². The number of benzene rings is 1. The van der Waals surface area contributed by atoms with E-state index in [1.807, 2.05) is 12.1 Å². The minimum Gasteiger partial charge on any atom is -0.459 e. The van der Waals surface area contributed by atoms with Crippen molar-refractivity contribution >= 4 is 11.0 Å². The molecule has 1 aliphatic rings. The van der Waals surface area contributed by atoms with Crippen molar-refractivity contribution in [2.45, 2.75) is 31.8 Å². The molecule has 1 aromatic heterocycles. The Morgan fingerprint density at radius 1 is 1.37 bits per heavy atom. The lowest BCUT2D eigenvalue weighted by Crippen LogP contribution is -2.44. The second-order valence-corrected chi connectivity index (χ2v) is 5.53. The third-order valence-electron chi connectivity index (χ3n) is 4.31. The van der Waals surface area contributed by atoms with Crippen LogP contribution in [0.25, 0.3) is 11.0 Å². The number of rotatable bonds is 3. The molecular weight excluding hydrogens is 236 g/mol. The van der Waals surface area contributed by atoms with E-state index < -0.39 is 0 Å². The number of likely N-dealkylation sites (N-methyl/N-ethyl adjacent to an activating group) is 1. The molecule has 3 heteroatoms. The molecule has 1 saturated heterocycles. The van der Waals surface area contributed by atoms with Crippen LogP contribution in [-0.4, -0.2) is 31.1 Å². The molecular formula is C16H22N2O. The Morgan fingerprint density at radius 3 is 2.95 bits per heavy atom. The topological polar surface area (TPSA) is 28.4 Å². The SMILES string of the molecule is CC(c1cc2ccccc2o1)N(C)C1CCCNC1. The Balaban J connectivity index is 1.79. The molecule has 1 fully saturated rings. The van der Waals surface area contributed by atoms with Crippen LogP contribution in [0.15, 0.2) is 34.7 Å². The van der Waals surface area contributed by atoms with E-state index in [0.29, 0.717) is 12.1 Å². The molecule has 2 aromatic rings. The highest BCUT2D eigenvalue weighted by Crippen LogP contribution is 2.28. The summed E-state index contributed by atoms with van der Waals surface area (Å²) in [7, 11) is 2.20. The molecule has 3 nitrogen and oxygen atoms in total. The summed E-state index contributed by atoms with van der Waals surface area (Å²) in [5.41, 5.74) is 0.986. The van der Waals surface area contributed by atoms with Crippen LogP contribution in [0.5, 0.6) is 0 Å². The maximum atomic E-state index is 5.98. The van der Waals surface area contributed by atoms with Gasteiger partial charge in [-0.2, -0.15) is 0 Å². The Bertz CT molecular complexity index is 509. The lowest BCUT2D eigenvalue weighted by Gasteiger charge is -2.35. The molecule has 2 atom stereocenters. The summed E-state index contributed by atoms with van der Waals surface area (Å²) in [5, 5.41) is 4.67. The highest BCUT2D eigenvalue weighted by atomic mass is 16.3. The molecule has 1 aromatic carbocycles. The highest BCUT2D eigenvalue weighted by molar-refractivity contribution is 5.77. The molecule has 0 radical (unpaired) electrons. The van der Waals surface area contributed by atoms with Gasteiger partial charge in [0.15, 0.2) is 0 Å². The van der Waals surface area contributed by atoms with Crippen LogP contribution in [0.4, 0.5) is 0 Å². The molecule has 0 saturated carbocycles. The van der Waals surface area contributed by atoms with Crippen LogP contribution in [0.2, 0.25) is 0 Å². The lowest BCUT2D eigenvalue weighted by atomic mass is 10.0. The molecule has 102 valence electrons. The summed E-state index contributed by atoms with van der Waals surface area (Å²) in [6.07, 6.45) is 2.54. The number of para-hydroxylation sites is 1. The van der Waals surface area contributed by atoms with Crippen LogP contribution in [0.1, 0.15) is 31.6 Å². The summed E-state index contributed by atoms with van der Waals surface area (Å²) in [6.45, 7) is 4.47. The van der Waals surface area contributed by atoms with Gasteiger partial charge in [0.2, 0.25) is 0 Å². The van der Waals surface area contributed by atoms with Crippen molar-refractivity contribution in [2.24, 2.45) is 0 Å². The van der Waals surface area contributed by atoms with Gasteiger partial charge in [-0.15, -0.1) is 0 Å². The first-order valence-corrected chi connectivity index (χ1v) is 7.17. The average molecular weight is 258 g/mol. The van der Waals surface area contributed by atoms with Gasteiger partial charge in [0.25, 0.3) is 0 Å². The maximum absolute atomic E-state index is 5.98. The van der Waals surface area contributed by atoms with E-state index >= 15 is 0 Å². The number of hydrogen-bond donors (Lipinski definition) is 1. The Hall–Kier alpha value is -1.32. The summed E-state index contributed by atoms with van der Waals surface area (Å²) in [4.78, 5) is 2.43. The maximum Gasteiger partial charge on any atom is 0.134 e. The van der Waals surface area contributed by atoms with Crippen LogP contribution in [0.3, 0.4) is 0 Å². The molecule has 2 heterocycles. The van der Waals surface area contributed by atoms with Crippen molar-refractivity contribution in [1.82, 2.24) is 10.2 Å². The van der Waals surface area contributed by atoms with E-state index in [1.54, 1.807) is 0 Å². The zero-order valence-electron chi connectivity index (χ0n) is 11.7. The second-order valence-electron chi connectivity index (χ2n) is 5.53. The first-order chi connectivity index (χ1) is 9.25.